The Kier molecular flexibility index (Phi) is 3.70. The Morgan fingerprint density at radius 1 is 1.44 bits per heavy atom. The van der Waals surface area contributed by atoms with Crippen LogP contribution in [0.3, 0.4) is 0 Å². The molecule has 0 amide bonds. The predicted molar refractivity (Wildman–Crippen MR) is 77.3 cm³/mol. The molecule has 4 heteroatoms. The number of hydrogen-bond donors (Lipinski definition) is 1. The highest BCUT2D eigenvalue weighted by molar-refractivity contribution is 7.15. The fourth-order valence-corrected chi connectivity index (χ4v) is 3.60. The van der Waals surface area contributed by atoms with Crippen molar-refractivity contribution in [3.8, 4) is 0 Å². The van der Waals surface area contributed by atoms with Crippen LogP contribution in [0.1, 0.15) is 50.8 Å². The van der Waals surface area contributed by atoms with Gasteiger partial charge in [0.05, 0.1) is 16.7 Å². The van der Waals surface area contributed by atoms with Gasteiger partial charge in [-0.05, 0) is 31.6 Å². The van der Waals surface area contributed by atoms with Crippen molar-refractivity contribution in [3.63, 3.8) is 0 Å². The third kappa shape index (κ3) is 2.69. The van der Waals surface area contributed by atoms with Crippen LogP contribution in [0, 0.1) is 18.3 Å². The maximum atomic E-state index is 9.69. The van der Waals surface area contributed by atoms with Gasteiger partial charge in [-0.1, -0.05) is 32.1 Å². The van der Waals surface area contributed by atoms with Gasteiger partial charge in [0.15, 0.2) is 5.13 Å². The Hall–Kier alpha value is -0.610. The van der Waals surface area contributed by atoms with Gasteiger partial charge in [-0.15, -0.1) is 0 Å². The Balaban J connectivity index is 2.13. The molecule has 3 nitrogen and oxygen atoms in total. The van der Waals surface area contributed by atoms with Gasteiger partial charge in [-0.3, -0.25) is 0 Å². The van der Waals surface area contributed by atoms with Gasteiger partial charge >= 0.3 is 0 Å². The topological polar surface area (TPSA) is 36.4 Å². The van der Waals surface area contributed by atoms with Crippen LogP contribution in [0.25, 0.3) is 0 Å². The van der Waals surface area contributed by atoms with Crippen LogP contribution in [0.5, 0.6) is 0 Å². The molecule has 1 aromatic rings. The van der Waals surface area contributed by atoms with Gasteiger partial charge in [0.2, 0.25) is 0 Å². The van der Waals surface area contributed by atoms with Gasteiger partial charge in [0.25, 0.3) is 0 Å². The van der Waals surface area contributed by atoms with Gasteiger partial charge < -0.3 is 10.0 Å². The lowest BCUT2D eigenvalue weighted by molar-refractivity contribution is 0.202. The SMILES string of the molecule is Cc1nc(N2CCC(C(C)(C)C)C2)sc1C(C)O. The molecule has 1 aliphatic rings. The van der Waals surface area contributed by atoms with E-state index in [9.17, 15) is 5.11 Å². The Morgan fingerprint density at radius 2 is 2.11 bits per heavy atom. The van der Waals surface area contributed by atoms with E-state index in [1.165, 1.54) is 6.42 Å². The molecule has 2 atom stereocenters. The van der Waals surface area contributed by atoms with Crippen molar-refractivity contribution in [2.45, 2.75) is 47.1 Å². The number of nitrogens with zero attached hydrogens (tertiary/aromatic N) is 2. The summed E-state index contributed by atoms with van der Waals surface area (Å²) in [5, 5.41) is 10.8. The lowest BCUT2D eigenvalue weighted by atomic mass is 9.80. The Bertz CT molecular complexity index is 420. The second-order valence-corrected chi connectivity index (χ2v) is 7.43. The molecule has 2 heterocycles. The lowest BCUT2D eigenvalue weighted by Crippen LogP contribution is -2.25. The highest BCUT2D eigenvalue weighted by atomic mass is 32.1. The molecule has 0 spiro atoms. The first kappa shape index (κ1) is 13.8. The number of rotatable bonds is 2. The highest BCUT2D eigenvalue weighted by Gasteiger charge is 2.33. The van der Waals surface area contributed by atoms with Crippen molar-refractivity contribution >= 4 is 16.5 Å². The molecular formula is C14H24N2OS. The number of aromatic nitrogens is 1. The third-order valence-corrected chi connectivity index (χ3v) is 5.27. The molecule has 0 aromatic carbocycles. The zero-order chi connectivity index (χ0) is 13.5. The van der Waals surface area contributed by atoms with E-state index in [4.69, 9.17) is 0 Å². The summed E-state index contributed by atoms with van der Waals surface area (Å²) < 4.78 is 0. The van der Waals surface area contributed by atoms with Crippen LogP contribution in [0.4, 0.5) is 5.13 Å². The first-order chi connectivity index (χ1) is 8.29. The number of hydrogen-bond acceptors (Lipinski definition) is 4. The molecule has 102 valence electrons. The Labute approximate surface area is 114 Å². The van der Waals surface area contributed by atoms with Gasteiger partial charge in [0, 0.05) is 13.1 Å². The van der Waals surface area contributed by atoms with Crippen molar-refractivity contribution in [3.05, 3.63) is 10.6 Å². The Morgan fingerprint density at radius 3 is 2.56 bits per heavy atom. The maximum Gasteiger partial charge on any atom is 0.185 e. The van der Waals surface area contributed by atoms with Crippen LogP contribution < -0.4 is 4.90 Å². The van der Waals surface area contributed by atoms with Crippen LogP contribution >= 0.6 is 11.3 Å². The average molecular weight is 268 g/mol. The molecule has 0 aliphatic carbocycles. The molecule has 1 aliphatic heterocycles. The van der Waals surface area contributed by atoms with Gasteiger partial charge in [0.1, 0.15) is 0 Å². The smallest absolute Gasteiger partial charge is 0.185 e. The van der Waals surface area contributed by atoms with E-state index >= 15 is 0 Å². The molecule has 1 aromatic heterocycles. The first-order valence-corrected chi connectivity index (χ1v) is 7.51. The minimum Gasteiger partial charge on any atom is -0.388 e. The number of aliphatic hydroxyl groups excluding tert-OH is 1. The van der Waals surface area contributed by atoms with Crippen LogP contribution in [-0.4, -0.2) is 23.2 Å². The largest absolute Gasteiger partial charge is 0.388 e. The number of aryl methyl sites for hydroxylation is 1. The maximum absolute atomic E-state index is 9.69. The summed E-state index contributed by atoms with van der Waals surface area (Å²) in [6.45, 7) is 12.9. The summed E-state index contributed by atoms with van der Waals surface area (Å²) in [5.74, 6) is 0.733. The van der Waals surface area contributed by atoms with Crippen LogP contribution in [0.2, 0.25) is 0 Å². The fourth-order valence-electron chi connectivity index (χ4n) is 2.56. The molecule has 2 rings (SSSR count). The summed E-state index contributed by atoms with van der Waals surface area (Å²) in [6.07, 6.45) is 0.837. The molecule has 0 bridgehead atoms. The van der Waals surface area contributed by atoms with Crippen molar-refractivity contribution in [1.82, 2.24) is 4.98 Å². The van der Waals surface area contributed by atoms with Crippen LogP contribution in [0.15, 0.2) is 0 Å². The molecule has 1 fully saturated rings. The van der Waals surface area contributed by atoms with Crippen LogP contribution in [-0.2, 0) is 0 Å². The van der Waals surface area contributed by atoms with E-state index in [0.717, 1.165) is 34.7 Å². The van der Waals surface area contributed by atoms with Gasteiger partial charge in [-0.25, -0.2) is 4.98 Å². The second kappa shape index (κ2) is 4.82. The van der Waals surface area contributed by atoms with E-state index in [-0.39, 0.29) is 0 Å². The molecule has 2 unspecified atom stereocenters. The fraction of sp³-hybridized carbons (Fsp3) is 0.786. The van der Waals surface area contributed by atoms with E-state index in [1.807, 2.05) is 13.8 Å². The van der Waals surface area contributed by atoms with Crippen molar-refractivity contribution in [2.24, 2.45) is 11.3 Å². The van der Waals surface area contributed by atoms with Crippen molar-refractivity contribution in [1.29, 1.82) is 0 Å². The van der Waals surface area contributed by atoms with E-state index in [2.05, 4.69) is 30.7 Å². The summed E-state index contributed by atoms with van der Waals surface area (Å²) in [7, 11) is 0. The van der Waals surface area contributed by atoms with E-state index in [1.54, 1.807) is 11.3 Å². The standard InChI is InChI=1S/C14H24N2OS/c1-9-12(10(2)17)18-13(15-9)16-7-6-11(8-16)14(3,4)5/h10-11,17H,6-8H2,1-5H3. The summed E-state index contributed by atoms with van der Waals surface area (Å²) in [5.41, 5.74) is 1.35. The highest BCUT2D eigenvalue weighted by Crippen LogP contribution is 2.38. The van der Waals surface area contributed by atoms with E-state index in [0.29, 0.717) is 5.41 Å². The summed E-state index contributed by atoms with van der Waals surface area (Å²) >= 11 is 1.64. The van der Waals surface area contributed by atoms with E-state index < -0.39 is 6.10 Å². The second-order valence-electron chi connectivity index (χ2n) is 6.42. The third-order valence-electron chi connectivity index (χ3n) is 3.88. The molecule has 0 radical (unpaired) electrons. The van der Waals surface area contributed by atoms with Gasteiger partial charge in [-0.2, -0.15) is 0 Å². The molecule has 18 heavy (non-hydrogen) atoms. The normalized spacial score (nSPS) is 22.6. The zero-order valence-electron chi connectivity index (χ0n) is 12.0. The summed E-state index contributed by atoms with van der Waals surface area (Å²) in [4.78, 5) is 7.99. The zero-order valence-corrected chi connectivity index (χ0v) is 12.8. The summed E-state index contributed by atoms with van der Waals surface area (Å²) in [6, 6.07) is 0. The minimum atomic E-state index is -0.405. The number of thiazole rings is 1. The molecular weight excluding hydrogens is 244 g/mol. The average Bonchev–Trinajstić information content (AvgIpc) is 2.81. The number of anilines is 1. The molecule has 0 saturated carbocycles. The van der Waals surface area contributed by atoms with Crippen molar-refractivity contribution in [2.75, 3.05) is 18.0 Å². The molecule has 1 N–H and O–H groups in total. The lowest BCUT2D eigenvalue weighted by Gasteiger charge is -2.26. The van der Waals surface area contributed by atoms with Crippen molar-refractivity contribution < 1.29 is 5.11 Å². The first-order valence-electron chi connectivity index (χ1n) is 6.69. The number of aliphatic hydroxyl groups is 1. The monoisotopic (exact) mass is 268 g/mol. The quantitative estimate of drug-likeness (QED) is 0.893. The molecule has 1 saturated heterocycles. The predicted octanol–water partition coefficient (Wildman–Crippen LogP) is 3.38. The minimum absolute atomic E-state index is 0.369.